The van der Waals surface area contributed by atoms with Crippen LogP contribution in [0.4, 0.5) is 5.69 Å². The van der Waals surface area contributed by atoms with Gasteiger partial charge in [-0.15, -0.1) is 0 Å². The minimum atomic E-state index is -0.439. The van der Waals surface area contributed by atoms with Crippen LogP contribution in [0.5, 0.6) is 5.75 Å². The smallest absolute Gasteiger partial charge is 0.255 e. The third-order valence-electron chi connectivity index (χ3n) is 6.38. The van der Waals surface area contributed by atoms with E-state index in [-0.39, 0.29) is 17.9 Å². The van der Waals surface area contributed by atoms with Crippen molar-refractivity contribution in [1.29, 1.82) is 0 Å². The fraction of sp³-hybridized carbons (Fsp3) is 0.286. The molecule has 0 bridgehead atoms. The molecule has 1 atom stereocenters. The average Bonchev–Trinajstić information content (AvgIpc) is 3.12. The van der Waals surface area contributed by atoms with Gasteiger partial charge in [0.15, 0.2) is 0 Å². The monoisotopic (exact) mass is 455 g/mol. The molecule has 1 saturated heterocycles. The molecule has 5 rings (SSSR count). The Hall–Kier alpha value is -3.80. The molecule has 0 aliphatic carbocycles. The third-order valence-corrected chi connectivity index (χ3v) is 6.38. The number of anilines is 1. The summed E-state index contributed by atoms with van der Waals surface area (Å²) in [6.07, 6.45) is 1.46. The minimum Gasteiger partial charge on any atom is -0.491 e. The second-order valence-corrected chi connectivity index (χ2v) is 9.32. The van der Waals surface area contributed by atoms with Gasteiger partial charge in [0.2, 0.25) is 5.91 Å². The molecule has 2 aliphatic heterocycles. The van der Waals surface area contributed by atoms with Crippen LogP contribution in [0.1, 0.15) is 48.2 Å². The summed E-state index contributed by atoms with van der Waals surface area (Å²) in [6.45, 7) is 8.99. The molecule has 0 radical (unpaired) electrons. The maximum atomic E-state index is 12.9. The lowest BCUT2D eigenvalue weighted by Gasteiger charge is -2.30. The number of hydrogen-bond donors (Lipinski definition) is 2. The second kappa shape index (κ2) is 8.86. The number of carbonyl (C=O) groups is 2. The van der Waals surface area contributed by atoms with Crippen LogP contribution in [-0.4, -0.2) is 28.9 Å². The lowest BCUT2D eigenvalue weighted by molar-refractivity contribution is -0.126. The number of carbonyl (C=O) groups excluding carboxylic acids is 2. The van der Waals surface area contributed by atoms with Gasteiger partial charge in [0.1, 0.15) is 11.8 Å². The molecule has 1 unspecified atom stereocenters. The SMILES string of the molecule is C=C1CCC(N2Cc3cc(NCc4ccc5cc(OC(C)C)ccc5c4)ccc3C2=O)C(=O)N1. The zero-order chi connectivity index (χ0) is 23.8. The zero-order valence-electron chi connectivity index (χ0n) is 19.6. The summed E-state index contributed by atoms with van der Waals surface area (Å²) in [5, 5.41) is 8.56. The summed E-state index contributed by atoms with van der Waals surface area (Å²) in [6, 6.07) is 17.9. The molecule has 2 aliphatic rings. The highest BCUT2D eigenvalue weighted by molar-refractivity contribution is 6.01. The number of allylic oxidation sites excluding steroid dienone is 1. The number of rotatable bonds is 6. The van der Waals surface area contributed by atoms with Crippen molar-refractivity contribution in [1.82, 2.24) is 10.2 Å². The van der Waals surface area contributed by atoms with Crippen molar-refractivity contribution in [2.75, 3.05) is 5.32 Å². The van der Waals surface area contributed by atoms with Gasteiger partial charge in [-0.25, -0.2) is 0 Å². The molecule has 0 aromatic heterocycles. The first-order valence-electron chi connectivity index (χ1n) is 11.7. The van der Waals surface area contributed by atoms with Crippen molar-refractivity contribution in [2.45, 2.75) is 51.9 Å². The molecule has 3 aromatic rings. The summed E-state index contributed by atoms with van der Waals surface area (Å²) in [5.41, 5.74) is 4.46. The van der Waals surface area contributed by atoms with E-state index < -0.39 is 6.04 Å². The maximum Gasteiger partial charge on any atom is 0.255 e. The summed E-state index contributed by atoms with van der Waals surface area (Å²) in [7, 11) is 0. The van der Waals surface area contributed by atoms with E-state index in [1.807, 2.05) is 38.1 Å². The normalized spacial score (nSPS) is 17.8. The molecule has 0 spiro atoms. The molecular formula is C28H29N3O3. The van der Waals surface area contributed by atoms with Crippen molar-refractivity contribution in [3.05, 3.63) is 83.6 Å². The van der Waals surface area contributed by atoms with Gasteiger partial charge in [0.25, 0.3) is 5.91 Å². The summed E-state index contributed by atoms with van der Waals surface area (Å²) in [4.78, 5) is 27.0. The molecule has 2 N–H and O–H groups in total. The van der Waals surface area contributed by atoms with Gasteiger partial charge in [-0.2, -0.15) is 0 Å². The first kappa shape index (κ1) is 22.0. The Balaban J connectivity index is 1.26. The van der Waals surface area contributed by atoms with Gasteiger partial charge in [-0.05, 0) is 85.0 Å². The predicted molar refractivity (Wildman–Crippen MR) is 134 cm³/mol. The maximum absolute atomic E-state index is 12.9. The van der Waals surface area contributed by atoms with Crippen LogP contribution >= 0.6 is 0 Å². The van der Waals surface area contributed by atoms with Crippen LogP contribution in [0.25, 0.3) is 10.8 Å². The summed E-state index contributed by atoms with van der Waals surface area (Å²) >= 11 is 0. The topological polar surface area (TPSA) is 70.7 Å². The standard InChI is InChI=1S/C28H29N3O3/c1-17(2)34-24-9-7-20-12-19(5-6-21(20)14-24)15-29-23-8-10-25-22(13-23)16-31(28(25)33)26-11-4-18(3)30-27(26)32/h5-10,12-14,17,26,29H,3-4,11,15-16H2,1-2H3,(H,30,32). The molecule has 2 amide bonds. The molecule has 0 saturated carbocycles. The van der Waals surface area contributed by atoms with Crippen molar-refractivity contribution in [3.8, 4) is 5.75 Å². The molecular weight excluding hydrogens is 426 g/mol. The summed E-state index contributed by atoms with van der Waals surface area (Å²) in [5.74, 6) is 0.658. The van der Waals surface area contributed by atoms with E-state index in [9.17, 15) is 9.59 Å². The largest absolute Gasteiger partial charge is 0.491 e. The highest BCUT2D eigenvalue weighted by atomic mass is 16.5. The lowest BCUT2D eigenvalue weighted by atomic mass is 10.0. The van der Waals surface area contributed by atoms with Crippen molar-refractivity contribution < 1.29 is 14.3 Å². The number of hydrogen-bond acceptors (Lipinski definition) is 4. The molecule has 3 aromatic carbocycles. The minimum absolute atomic E-state index is 0.0791. The van der Waals surface area contributed by atoms with E-state index in [0.717, 1.165) is 28.1 Å². The molecule has 174 valence electrons. The molecule has 2 heterocycles. The van der Waals surface area contributed by atoms with E-state index in [4.69, 9.17) is 4.74 Å². The number of piperidine rings is 1. The number of amides is 2. The van der Waals surface area contributed by atoms with Crippen molar-refractivity contribution in [3.63, 3.8) is 0 Å². The molecule has 6 nitrogen and oxygen atoms in total. The van der Waals surface area contributed by atoms with Crippen molar-refractivity contribution >= 4 is 28.3 Å². The Morgan fingerprint density at radius 2 is 1.88 bits per heavy atom. The highest BCUT2D eigenvalue weighted by Gasteiger charge is 2.38. The molecule has 1 fully saturated rings. The third kappa shape index (κ3) is 4.36. The van der Waals surface area contributed by atoms with Gasteiger partial charge in [0.05, 0.1) is 6.10 Å². The number of nitrogens with one attached hydrogen (secondary N) is 2. The van der Waals surface area contributed by atoms with Crippen molar-refractivity contribution in [2.24, 2.45) is 0 Å². The Kier molecular flexibility index (Phi) is 5.74. The lowest BCUT2D eigenvalue weighted by Crippen LogP contribution is -2.49. The second-order valence-electron chi connectivity index (χ2n) is 9.32. The Bertz CT molecular complexity index is 1300. The van der Waals surface area contributed by atoms with Gasteiger partial charge in [-0.1, -0.05) is 24.8 Å². The number of ether oxygens (including phenoxy) is 1. The van der Waals surface area contributed by atoms with Crippen LogP contribution in [0.2, 0.25) is 0 Å². The van der Waals surface area contributed by atoms with Gasteiger partial charge < -0.3 is 20.3 Å². The van der Waals surface area contributed by atoms with E-state index in [1.54, 1.807) is 4.90 Å². The van der Waals surface area contributed by atoms with Gasteiger partial charge >= 0.3 is 0 Å². The average molecular weight is 456 g/mol. The fourth-order valence-corrected chi connectivity index (χ4v) is 4.70. The highest BCUT2D eigenvalue weighted by Crippen LogP contribution is 2.30. The first-order chi connectivity index (χ1) is 16.4. The zero-order valence-corrected chi connectivity index (χ0v) is 19.6. The number of benzene rings is 3. The number of nitrogens with zero attached hydrogens (tertiary/aromatic N) is 1. The van der Waals surface area contributed by atoms with E-state index >= 15 is 0 Å². The first-order valence-corrected chi connectivity index (χ1v) is 11.7. The van der Waals surface area contributed by atoms with Gasteiger partial charge in [0, 0.05) is 30.0 Å². The van der Waals surface area contributed by atoms with Crippen LogP contribution in [0, 0.1) is 0 Å². The van der Waals surface area contributed by atoms with Crippen LogP contribution in [-0.2, 0) is 17.9 Å². The van der Waals surface area contributed by atoms with E-state index in [0.29, 0.717) is 31.5 Å². The van der Waals surface area contributed by atoms with E-state index in [2.05, 4.69) is 47.5 Å². The Morgan fingerprint density at radius 3 is 2.68 bits per heavy atom. The Labute approximate surface area is 199 Å². The van der Waals surface area contributed by atoms with Crippen LogP contribution in [0.15, 0.2) is 66.9 Å². The number of fused-ring (bicyclic) bond motifs is 2. The van der Waals surface area contributed by atoms with Gasteiger partial charge in [-0.3, -0.25) is 9.59 Å². The van der Waals surface area contributed by atoms with E-state index in [1.165, 1.54) is 10.9 Å². The molecule has 6 heteroatoms. The predicted octanol–water partition coefficient (Wildman–Crippen LogP) is 4.99. The molecule has 34 heavy (non-hydrogen) atoms. The quantitative estimate of drug-likeness (QED) is 0.550. The van der Waals surface area contributed by atoms with Crippen LogP contribution in [0.3, 0.4) is 0 Å². The van der Waals surface area contributed by atoms with Crippen LogP contribution < -0.4 is 15.4 Å². The summed E-state index contributed by atoms with van der Waals surface area (Å²) < 4.78 is 5.79. The Morgan fingerprint density at radius 1 is 1.09 bits per heavy atom. The fourth-order valence-electron chi connectivity index (χ4n) is 4.70.